The van der Waals surface area contributed by atoms with Crippen molar-refractivity contribution in [3.8, 4) is 0 Å². The second kappa shape index (κ2) is 9.61. The number of H-pyrrole nitrogens is 1. The van der Waals surface area contributed by atoms with Gasteiger partial charge in [-0.2, -0.15) is 0 Å². The minimum absolute atomic E-state index is 0.128. The van der Waals surface area contributed by atoms with Crippen LogP contribution in [-0.4, -0.2) is 73.0 Å². The van der Waals surface area contributed by atoms with E-state index in [0.717, 1.165) is 5.56 Å². The van der Waals surface area contributed by atoms with Crippen LogP contribution >= 0.6 is 0 Å². The molecule has 2 heterocycles. The van der Waals surface area contributed by atoms with Gasteiger partial charge in [-0.1, -0.05) is 11.6 Å². The van der Waals surface area contributed by atoms with Crippen molar-refractivity contribution in [2.45, 2.75) is 26.3 Å². The number of hydrogen-bond donors (Lipinski definition) is 3. The molecule has 2 amide bonds. The fourth-order valence-corrected chi connectivity index (χ4v) is 3.61. The van der Waals surface area contributed by atoms with Gasteiger partial charge in [-0.05, 0) is 26.0 Å². The van der Waals surface area contributed by atoms with Gasteiger partial charge in [0.05, 0.1) is 32.4 Å². The van der Waals surface area contributed by atoms with Gasteiger partial charge in [0.25, 0.3) is 0 Å². The zero-order valence-electron chi connectivity index (χ0n) is 17.7. The molecule has 166 valence electrons. The highest BCUT2D eigenvalue weighted by atomic mass is 16.5. The molecule has 2 aromatic rings. The number of fused-ring (bicyclic) bond motifs is 1. The van der Waals surface area contributed by atoms with Crippen molar-refractivity contribution in [3.05, 3.63) is 29.5 Å². The first-order valence-corrected chi connectivity index (χ1v) is 10.0. The van der Waals surface area contributed by atoms with Gasteiger partial charge < -0.3 is 25.1 Å². The van der Waals surface area contributed by atoms with Crippen molar-refractivity contribution in [2.24, 2.45) is 0 Å². The number of aryl methyl sites for hydroxylation is 1. The molecule has 1 aliphatic heterocycles. The van der Waals surface area contributed by atoms with Crippen molar-refractivity contribution < 1.29 is 28.7 Å². The van der Waals surface area contributed by atoms with Gasteiger partial charge in [0.15, 0.2) is 0 Å². The van der Waals surface area contributed by atoms with Gasteiger partial charge in [0.2, 0.25) is 11.8 Å². The Hall–Kier alpha value is -3.40. The van der Waals surface area contributed by atoms with E-state index in [0.29, 0.717) is 29.7 Å². The van der Waals surface area contributed by atoms with Crippen LogP contribution in [0.3, 0.4) is 0 Å². The molecule has 0 saturated carbocycles. The number of benzene rings is 1. The highest BCUT2D eigenvalue weighted by molar-refractivity contribution is 6.11. The molecule has 1 saturated heterocycles. The molecule has 0 aliphatic carbocycles. The van der Waals surface area contributed by atoms with Crippen molar-refractivity contribution in [3.63, 3.8) is 0 Å². The number of nitrogens with one attached hydrogen (secondary N) is 3. The number of ether oxygens (including phenoxy) is 2. The molecule has 1 atom stereocenters. The number of esters is 2. The van der Waals surface area contributed by atoms with Gasteiger partial charge in [-0.15, -0.1) is 0 Å². The number of aromatic amines is 1. The van der Waals surface area contributed by atoms with Crippen molar-refractivity contribution in [1.82, 2.24) is 15.2 Å². The van der Waals surface area contributed by atoms with Crippen molar-refractivity contribution >= 4 is 40.3 Å². The predicted octanol–water partition coefficient (Wildman–Crippen LogP) is 0.955. The van der Waals surface area contributed by atoms with Crippen LogP contribution in [0.5, 0.6) is 0 Å². The smallest absolute Gasteiger partial charge is 0.356 e. The van der Waals surface area contributed by atoms with E-state index in [4.69, 9.17) is 9.47 Å². The van der Waals surface area contributed by atoms with Gasteiger partial charge in [0, 0.05) is 24.0 Å². The van der Waals surface area contributed by atoms with Crippen molar-refractivity contribution in [1.29, 1.82) is 0 Å². The van der Waals surface area contributed by atoms with Crippen LogP contribution in [0.15, 0.2) is 18.2 Å². The largest absolute Gasteiger partial charge is 0.466 e. The Kier molecular flexibility index (Phi) is 6.91. The highest BCUT2D eigenvalue weighted by Gasteiger charge is 2.33. The number of nitrogens with zero attached hydrogens (tertiary/aromatic N) is 1. The zero-order valence-corrected chi connectivity index (χ0v) is 17.7. The molecule has 3 N–H and O–H groups in total. The molecule has 31 heavy (non-hydrogen) atoms. The number of piperazine rings is 1. The predicted molar refractivity (Wildman–Crippen MR) is 113 cm³/mol. The molecule has 0 bridgehead atoms. The molecule has 1 aromatic heterocycles. The molecule has 0 radical (unpaired) electrons. The molecule has 1 aliphatic rings. The maximum absolute atomic E-state index is 12.9. The third-order valence-corrected chi connectivity index (χ3v) is 5.06. The third-order valence-electron chi connectivity index (χ3n) is 5.06. The van der Waals surface area contributed by atoms with Gasteiger partial charge in [-0.3, -0.25) is 19.3 Å². The van der Waals surface area contributed by atoms with E-state index in [1.165, 1.54) is 7.11 Å². The fourth-order valence-electron chi connectivity index (χ4n) is 3.61. The summed E-state index contributed by atoms with van der Waals surface area (Å²) in [6.45, 7) is 4.44. The van der Waals surface area contributed by atoms with Gasteiger partial charge >= 0.3 is 11.9 Å². The molecule has 10 nitrogen and oxygen atoms in total. The van der Waals surface area contributed by atoms with Crippen LogP contribution < -0.4 is 10.6 Å². The summed E-state index contributed by atoms with van der Waals surface area (Å²) in [6.07, 6.45) is -0.146. The van der Waals surface area contributed by atoms with Crippen LogP contribution in [0.2, 0.25) is 0 Å². The first-order valence-electron chi connectivity index (χ1n) is 10.0. The summed E-state index contributed by atoms with van der Waals surface area (Å²) >= 11 is 0. The highest BCUT2D eigenvalue weighted by Crippen LogP contribution is 2.29. The average molecular weight is 430 g/mol. The lowest BCUT2D eigenvalue weighted by molar-refractivity contribution is -0.148. The Morgan fingerprint density at radius 3 is 2.77 bits per heavy atom. The topological polar surface area (TPSA) is 130 Å². The monoisotopic (exact) mass is 430 g/mol. The maximum atomic E-state index is 12.9. The van der Waals surface area contributed by atoms with Crippen LogP contribution in [0.4, 0.5) is 5.69 Å². The number of amides is 2. The van der Waals surface area contributed by atoms with Gasteiger partial charge in [-0.25, -0.2) is 4.79 Å². The molecule has 10 heteroatoms. The number of carbonyl (C=O) groups is 4. The second-order valence-corrected chi connectivity index (χ2v) is 7.25. The molecule has 0 spiro atoms. The Bertz CT molecular complexity index is 1010. The van der Waals surface area contributed by atoms with E-state index in [9.17, 15) is 19.2 Å². The van der Waals surface area contributed by atoms with Gasteiger partial charge in [0.1, 0.15) is 11.7 Å². The molecule has 1 unspecified atom stereocenters. The van der Waals surface area contributed by atoms with Crippen LogP contribution in [-0.2, 0) is 23.9 Å². The molecule has 1 fully saturated rings. The second-order valence-electron chi connectivity index (χ2n) is 7.25. The van der Waals surface area contributed by atoms with E-state index in [1.54, 1.807) is 11.8 Å². The SMILES string of the molecule is CCOC(=O)CC1C(=O)NCCN1CC(=O)Nc1c(C(=O)OC)[nH]c2ccc(C)cc12. The minimum atomic E-state index is -0.802. The average Bonchev–Trinajstić information content (AvgIpc) is 3.07. The zero-order chi connectivity index (χ0) is 22.5. The van der Waals surface area contributed by atoms with E-state index < -0.39 is 23.9 Å². The quantitative estimate of drug-likeness (QED) is 0.558. The summed E-state index contributed by atoms with van der Waals surface area (Å²) in [4.78, 5) is 53.9. The number of rotatable bonds is 7. The third kappa shape index (κ3) is 5.02. The minimum Gasteiger partial charge on any atom is -0.466 e. The summed E-state index contributed by atoms with van der Waals surface area (Å²) < 4.78 is 9.77. The number of anilines is 1. The lowest BCUT2D eigenvalue weighted by Gasteiger charge is -2.33. The first-order chi connectivity index (χ1) is 14.8. The Morgan fingerprint density at radius 1 is 1.29 bits per heavy atom. The maximum Gasteiger partial charge on any atom is 0.356 e. The summed E-state index contributed by atoms with van der Waals surface area (Å²) in [6, 6.07) is 4.75. The number of methoxy groups -OCH3 is 1. The van der Waals surface area contributed by atoms with E-state index in [2.05, 4.69) is 15.6 Å². The fraction of sp³-hybridized carbons (Fsp3) is 0.429. The molecule has 3 rings (SSSR count). The van der Waals surface area contributed by atoms with Crippen LogP contribution in [0, 0.1) is 6.92 Å². The van der Waals surface area contributed by atoms with Crippen molar-refractivity contribution in [2.75, 3.05) is 38.7 Å². The standard InChI is InChI=1S/C21H26N4O6/c1-4-31-17(27)10-15-20(28)22-7-8-25(15)11-16(26)24-18-13-9-12(2)5-6-14(13)23-19(18)21(29)30-3/h5-6,9,15,23H,4,7-8,10-11H2,1-3H3,(H,22,28)(H,24,26). The first kappa shape index (κ1) is 22.3. The van der Waals surface area contributed by atoms with Crippen LogP contribution in [0.25, 0.3) is 10.9 Å². The van der Waals surface area contributed by atoms with E-state index in [1.807, 2.05) is 25.1 Å². The summed E-state index contributed by atoms with van der Waals surface area (Å²) in [5.41, 5.74) is 2.09. The Balaban J connectivity index is 1.81. The van der Waals surface area contributed by atoms with E-state index >= 15 is 0 Å². The Morgan fingerprint density at radius 2 is 2.06 bits per heavy atom. The lowest BCUT2D eigenvalue weighted by atomic mass is 10.1. The molecular weight excluding hydrogens is 404 g/mol. The van der Waals surface area contributed by atoms with E-state index in [-0.39, 0.29) is 31.2 Å². The molecule has 1 aromatic carbocycles. The number of carbonyl (C=O) groups excluding carboxylic acids is 4. The Labute approximate surface area is 179 Å². The summed E-state index contributed by atoms with van der Waals surface area (Å²) in [5, 5.41) is 6.16. The number of hydrogen-bond acceptors (Lipinski definition) is 7. The molecular formula is C21H26N4O6. The van der Waals surface area contributed by atoms with Crippen LogP contribution in [0.1, 0.15) is 29.4 Å². The summed E-state index contributed by atoms with van der Waals surface area (Å²) in [7, 11) is 1.26. The summed E-state index contributed by atoms with van der Waals surface area (Å²) in [5.74, 6) is -1.86. The number of aromatic nitrogens is 1. The lowest BCUT2D eigenvalue weighted by Crippen LogP contribution is -2.57. The normalized spacial score (nSPS) is 16.6.